The van der Waals surface area contributed by atoms with Gasteiger partial charge in [-0.05, 0) is 23.6 Å². The molecule has 4 N–H and O–H groups in total. The fourth-order valence-electron chi connectivity index (χ4n) is 2.34. The Morgan fingerprint density at radius 3 is 2.16 bits per heavy atom. The lowest BCUT2D eigenvalue weighted by Crippen LogP contribution is -2.09. The zero-order valence-corrected chi connectivity index (χ0v) is 10.9. The number of hydrogen-bond acceptors (Lipinski definition) is 5. The summed E-state index contributed by atoms with van der Waals surface area (Å²) in [7, 11) is 4.03. The van der Waals surface area contributed by atoms with Crippen molar-refractivity contribution in [2.75, 3.05) is 30.5 Å². The maximum Gasteiger partial charge on any atom is 0.154 e. The normalized spacial score (nSPS) is 11.1. The minimum atomic E-state index is 0.402. The minimum Gasteiger partial charge on any atom is -0.382 e. The molecule has 0 aliphatic heterocycles. The standard InChI is InChI=1S/C14H15N5/c1-19(2)12-5-3-4-8-6-10-11(7-9(8)12)14(16)18-17-13(10)15/h3-7H,1-2H3,(H2,15,17)(H2,16,18). The quantitative estimate of drug-likeness (QED) is 0.648. The Morgan fingerprint density at radius 2 is 1.53 bits per heavy atom. The highest BCUT2D eigenvalue weighted by Crippen LogP contribution is 2.32. The van der Waals surface area contributed by atoms with Gasteiger partial charge in [0.25, 0.3) is 0 Å². The van der Waals surface area contributed by atoms with E-state index in [0.717, 1.165) is 27.2 Å². The maximum absolute atomic E-state index is 5.90. The predicted octanol–water partition coefficient (Wildman–Crippen LogP) is 2.01. The van der Waals surface area contributed by atoms with Crippen LogP contribution in [0.4, 0.5) is 17.3 Å². The van der Waals surface area contributed by atoms with E-state index in [9.17, 15) is 0 Å². The molecule has 0 atom stereocenters. The number of benzene rings is 2. The van der Waals surface area contributed by atoms with Crippen molar-refractivity contribution in [1.82, 2.24) is 10.2 Å². The summed E-state index contributed by atoms with van der Waals surface area (Å²) in [6.07, 6.45) is 0. The van der Waals surface area contributed by atoms with Crippen LogP contribution in [0.5, 0.6) is 0 Å². The molecular weight excluding hydrogens is 238 g/mol. The van der Waals surface area contributed by atoms with E-state index in [2.05, 4.69) is 27.2 Å². The van der Waals surface area contributed by atoms with Crippen LogP contribution in [0.3, 0.4) is 0 Å². The molecule has 0 fully saturated rings. The molecule has 19 heavy (non-hydrogen) atoms. The Morgan fingerprint density at radius 1 is 0.895 bits per heavy atom. The number of hydrogen-bond donors (Lipinski definition) is 2. The molecule has 96 valence electrons. The molecule has 0 bridgehead atoms. The number of aromatic nitrogens is 2. The first-order valence-corrected chi connectivity index (χ1v) is 5.99. The van der Waals surface area contributed by atoms with Gasteiger partial charge in [0.2, 0.25) is 0 Å². The molecule has 3 rings (SSSR count). The average molecular weight is 253 g/mol. The second-order valence-electron chi connectivity index (χ2n) is 4.76. The lowest BCUT2D eigenvalue weighted by Gasteiger charge is -2.16. The summed E-state index contributed by atoms with van der Waals surface area (Å²) < 4.78 is 0. The van der Waals surface area contributed by atoms with Crippen LogP contribution in [0.1, 0.15) is 0 Å². The summed E-state index contributed by atoms with van der Waals surface area (Å²) >= 11 is 0. The van der Waals surface area contributed by atoms with Gasteiger partial charge in [-0.1, -0.05) is 12.1 Å². The first kappa shape index (κ1) is 11.5. The highest BCUT2D eigenvalue weighted by atomic mass is 15.2. The topological polar surface area (TPSA) is 81.1 Å². The van der Waals surface area contributed by atoms with E-state index in [-0.39, 0.29) is 0 Å². The van der Waals surface area contributed by atoms with E-state index < -0.39 is 0 Å². The first-order valence-electron chi connectivity index (χ1n) is 5.99. The largest absolute Gasteiger partial charge is 0.382 e. The van der Waals surface area contributed by atoms with Crippen LogP contribution in [0.15, 0.2) is 30.3 Å². The SMILES string of the molecule is CN(C)c1cccc2cc3c(N)nnc(N)c3cc12. The van der Waals surface area contributed by atoms with Gasteiger partial charge in [0.05, 0.1) is 0 Å². The second-order valence-corrected chi connectivity index (χ2v) is 4.76. The number of nitrogens with zero attached hydrogens (tertiary/aromatic N) is 3. The molecule has 5 nitrogen and oxygen atoms in total. The lowest BCUT2D eigenvalue weighted by atomic mass is 10.0. The van der Waals surface area contributed by atoms with E-state index in [4.69, 9.17) is 11.5 Å². The van der Waals surface area contributed by atoms with E-state index in [0.29, 0.717) is 11.6 Å². The molecule has 0 amide bonds. The van der Waals surface area contributed by atoms with Crippen LogP contribution in [-0.4, -0.2) is 24.3 Å². The van der Waals surface area contributed by atoms with Crippen molar-refractivity contribution in [3.8, 4) is 0 Å². The Kier molecular flexibility index (Phi) is 2.41. The van der Waals surface area contributed by atoms with Gasteiger partial charge in [0.1, 0.15) is 0 Å². The maximum atomic E-state index is 5.90. The third-order valence-electron chi connectivity index (χ3n) is 3.29. The molecule has 1 heterocycles. The Bertz CT molecular complexity index is 779. The lowest BCUT2D eigenvalue weighted by molar-refractivity contribution is 1.07. The van der Waals surface area contributed by atoms with Crippen LogP contribution in [-0.2, 0) is 0 Å². The molecule has 0 unspecified atom stereocenters. The van der Waals surface area contributed by atoms with Gasteiger partial charge in [0.15, 0.2) is 11.6 Å². The van der Waals surface area contributed by atoms with Gasteiger partial charge in [-0.15, -0.1) is 10.2 Å². The summed E-state index contributed by atoms with van der Waals surface area (Å²) in [5, 5.41) is 11.7. The van der Waals surface area contributed by atoms with Gasteiger partial charge < -0.3 is 16.4 Å². The highest BCUT2D eigenvalue weighted by molar-refractivity contribution is 6.09. The third-order valence-corrected chi connectivity index (χ3v) is 3.29. The molecule has 0 saturated heterocycles. The molecule has 5 heteroatoms. The summed E-state index contributed by atoms with van der Waals surface area (Å²) in [5.41, 5.74) is 12.9. The van der Waals surface area contributed by atoms with Gasteiger partial charge in [-0.25, -0.2) is 0 Å². The molecule has 3 aromatic rings. The van der Waals surface area contributed by atoms with E-state index >= 15 is 0 Å². The fourth-order valence-corrected chi connectivity index (χ4v) is 2.34. The molecular formula is C14H15N5. The number of nitrogen functional groups attached to an aromatic ring is 2. The molecule has 2 aromatic carbocycles. The predicted molar refractivity (Wildman–Crippen MR) is 80.2 cm³/mol. The van der Waals surface area contributed by atoms with Crippen molar-refractivity contribution in [2.24, 2.45) is 0 Å². The molecule has 0 saturated carbocycles. The van der Waals surface area contributed by atoms with Crippen LogP contribution >= 0.6 is 0 Å². The number of anilines is 3. The van der Waals surface area contributed by atoms with Crippen LogP contribution in [0.2, 0.25) is 0 Å². The summed E-state index contributed by atoms with van der Waals surface area (Å²) in [4.78, 5) is 2.07. The van der Waals surface area contributed by atoms with Crippen molar-refractivity contribution in [3.05, 3.63) is 30.3 Å². The van der Waals surface area contributed by atoms with E-state index in [1.54, 1.807) is 0 Å². The summed E-state index contributed by atoms with van der Waals surface area (Å²) in [6, 6.07) is 10.2. The summed E-state index contributed by atoms with van der Waals surface area (Å²) in [5.74, 6) is 0.806. The second kappa shape index (κ2) is 3.98. The number of rotatable bonds is 1. The minimum absolute atomic E-state index is 0.402. The van der Waals surface area contributed by atoms with Gasteiger partial charge in [-0.2, -0.15) is 0 Å². The molecule has 0 radical (unpaired) electrons. The smallest absolute Gasteiger partial charge is 0.154 e. The monoisotopic (exact) mass is 253 g/mol. The van der Waals surface area contributed by atoms with Crippen LogP contribution in [0, 0.1) is 0 Å². The molecule has 0 spiro atoms. The van der Waals surface area contributed by atoms with Gasteiger partial charge >= 0.3 is 0 Å². The van der Waals surface area contributed by atoms with Gasteiger partial charge in [-0.3, -0.25) is 0 Å². The Labute approximate surface area is 110 Å². The first-order chi connectivity index (χ1) is 9.08. The Balaban J connectivity index is 2.49. The molecule has 1 aromatic heterocycles. The van der Waals surface area contributed by atoms with E-state index in [1.807, 2.05) is 32.3 Å². The third kappa shape index (κ3) is 1.71. The van der Waals surface area contributed by atoms with Crippen molar-refractivity contribution in [1.29, 1.82) is 0 Å². The Hall–Kier alpha value is -2.56. The van der Waals surface area contributed by atoms with Crippen molar-refractivity contribution in [2.45, 2.75) is 0 Å². The van der Waals surface area contributed by atoms with Gasteiger partial charge in [0, 0.05) is 35.9 Å². The van der Waals surface area contributed by atoms with Crippen LogP contribution in [0.25, 0.3) is 21.5 Å². The zero-order chi connectivity index (χ0) is 13.6. The van der Waals surface area contributed by atoms with Crippen molar-refractivity contribution < 1.29 is 0 Å². The van der Waals surface area contributed by atoms with Crippen molar-refractivity contribution >= 4 is 38.9 Å². The van der Waals surface area contributed by atoms with Crippen molar-refractivity contribution in [3.63, 3.8) is 0 Å². The number of fused-ring (bicyclic) bond motifs is 2. The number of nitrogens with two attached hydrogens (primary N) is 2. The van der Waals surface area contributed by atoms with E-state index in [1.165, 1.54) is 0 Å². The zero-order valence-electron chi connectivity index (χ0n) is 10.9. The fraction of sp³-hybridized carbons (Fsp3) is 0.143. The average Bonchev–Trinajstić information content (AvgIpc) is 2.40. The summed E-state index contributed by atoms with van der Waals surface area (Å²) in [6.45, 7) is 0. The molecule has 0 aliphatic rings. The van der Waals surface area contributed by atoms with Crippen LogP contribution < -0.4 is 16.4 Å². The highest BCUT2D eigenvalue weighted by Gasteiger charge is 2.09. The molecule has 0 aliphatic carbocycles.